The molecule has 19 heavy (non-hydrogen) atoms. The number of hydrogen-bond acceptors (Lipinski definition) is 6. The summed E-state index contributed by atoms with van der Waals surface area (Å²) in [6.45, 7) is 3.91. The van der Waals surface area contributed by atoms with E-state index in [4.69, 9.17) is 4.74 Å². The van der Waals surface area contributed by atoms with Gasteiger partial charge in [0.2, 0.25) is 5.82 Å². The number of ether oxygens (including phenoxy) is 1. The zero-order valence-corrected chi connectivity index (χ0v) is 10.8. The van der Waals surface area contributed by atoms with Crippen LogP contribution in [0.3, 0.4) is 0 Å². The summed E-state index contributed by atoms with van der Waals surface area (Å²) in [5.41, 5.74) is 1.70. The van der Waals surface area contributed by atoms with Crippen molar-refractivity contribution >= 4 is 5.97 Å². The van der Waals surface area contributed by atoms with E-state index in [1.54, 1.807) is 13.8 Å². The van der Waals surface area contributed by atoms with E-state index in [9.17, 15) is 4.79 Å². The molecule has 2 rings (SSSR count). The van der Waals surface area contributed by atoms with Gasteiger partial charge in [0.15, 0.2) is 5.82 Å². The van der Waals surface area contributed by atoms with Gasteiger partial charge in [-0.3, -0.25) is 4.79 Å². The molecule has 6 nitrogen and oxygen atoms in total. The molecule has 0 atom stereocenters. The number of hydrogen-bond donors (Lipinski definition) is 0. The summed E-state index contributed by atoms with van der Waals surface area (Å²) in [4.78, 5) is 11.3. The molecule has 2 aromatic rings. The van der Waals surface area contributed by atoms with Crippen LogP contribution in [0.25, 0.3) is 11.4 Å². The highest BCUT2D eigenvalue weighted by atomic mass is 16.5. The van der Waals surface area contributed by atoms with Crippen LogP contribution in [0, 0.1) is 6.92 Å². The van der Waals surface area contributed by atoms with Gasteiger partial charge in [0.1, 0.15) is 0 Å². The highest BCUT2D eigenvalue weighted by Crippen LogP contribution is 2.14. The predicted molar refractivity (Wildman–Crippen MR) is 68.1 cm³/mol. The lowest BCUT2D eigenvalue weighted by Crippen LogP contribution is -2.07. The fourth-order valence-electron chi connectivity index (χ4n) is 1.55. The van der Waals surface area contributed by atoms with Crippen LogP contribution in [0.4, 0.5) is 0 Å². The van der Waals surface area contributed by atoms with E-state index in [1.807, 2.05) is 24.3 Å². The second-order valence-corrected chi connectivity index (χ2v) is 3.95. The molecule has 0 saturated carbocycles. The lowest BCUT2D eigenvalue weighted by Gasteiger charge is -2.03. The Balaban J connectivity index is 2.10. The van der Waals surface area contributed by atoms with Gasteiger partial charge in [-0.05, 0) is 19.4 Å². The first-order chi connectivity index (χ1) is 9.19. The van der Waals surface area contributed by atoms with Gasteiger partial charge in [-0.15, -0.1) is 20.4 Å². The van der Waals surface area contributed by atoms with Gasteiger partial charge in [-0.25, -0.2) is 0 Å². The van der Waals surface area contributed by atoms with Crippen LogP contribution in [0.1, 0.15) is 18.3 Å². The second-order valence-electron chi connectivity index (χ2n) is 3.95. The zero-order chi connectivity index (χ0) is 13.7. The largest absolute Gasteiger partial charge is 0.466 e. The van der Waals surface area contributed by atoms with Crippen molar-refractivity contribution in [3.8, 4) is 11.4 Å². The zero-order valence-electron chi connectivity index (χ0n) is 10.8. The Hall–Kier alpha value is -2.37. The molecule has 1 aromatic carbocycles. The van der Waals surface area contributed by atoms with Crippen LogP contribution in [-0.2, 0) is 16.0 Å². The first kappa shape index (κ1) is 13.1. The maximum atomic E-state index is 11.3. The number of rotatable bonds is 4. The van der Waals surface area contributed by atoms with E-state index in [2.05, 4.69) is 20.4 Å². The van der Waals surface area contributed by atoms with E-state index in [1.165, 1.54) is 0 Å². The molecule has 1 heterocycles. The highest BCUT2D eigenvalue weighted by Gasteiger charge is 2.06. The number of aryl methyl sites for hydroxylation is 1. The van der Waals surface area contributed by atoms with Crippen LogP contribution in [0.2, 0.25) is 0 Å². The summed E-state index contributed by atoms with van der Waals surface area (Å²) in [5.74, 6) is 0.765. The molecule has 0 aliphatic heterocycles. The number of benzene rings is 1. The molecule has 0 aliphatic carbocycles. The SMILES string of the molecule is CCOC(=O)Cc1ccc(-c2nnc(C)nn2)cc1. The third-order valence-electron chi connectivity index (χ3n) is 2.44. The van der Waals surface area contributed by atoms with Crippen LogP contribution >= 0.6 is 0 Å². The fourth-order valence-corrected chi connectivity index (χ4v) is 1.55. The number of nitrogens with zero attached hydrogens (tertiary/aromatic N) is 4. The Bertz CT molecular complexity index is 552. The molecular formula is C13H14N4O2. The predicted octanol–water partition coefficient (Wildman–Crippen LogP) is 1.35. The lowest BCUT2D eigenvalue weighted by atomic mass is 10.1. The molecule has 6 heteroatoms. The van der Waals surface area contributed by atoms with Gasteiger partial charge in [0.25, 0.3) is 0 Å². The number of carbonyl (C=O) groups is 1. The van der Waals surface area contributed by atoms with Gasteiger partial charge in [0.05, 0.1) is 13.0 Å². The van der Waals surface area contributed by atoms with Crippen LogP contribution in [-0.4, -0.2) is 33.0 Å². The van der Waals surface area contributed by atoms with Gasteiger partial charge in [-0.1, -0.05) is 24.3 Å². The smallest absolute Gasteiger partial charge is 0.310 e. The van der Waals surface area contributed by atoms with Crippen molar-refractivity contribution < 1.29 is 9.53 Å². The summed E-state index contributed by atoms with van der Waals surface area (Å²) in [5, 5.41) is 15.6. The number of carbonyl (C=O) groups excluding carboxylic acids is 1. The summed E-state index contributed by atoms with van der Waals surface area (Å²) >= 11 is 0. The minimum atomic E-state index is -0.231. The van der Waals surface area contributed by atoms with E-state index in [0.717, 1.165) is 11.1 Å². The van der Waals surface area contributed by atoms with E-state index in [-0.39, 0.29) is 12.4 Å². The first-order valence-corrected chi connectivity index (χ1v) is 5.98. The third kappa shape index (κ3) is 3.54. The molecule has 0 amide bonds. The van der Waals surface area contributed by atoms with Crippen LogP contribution < -0.4 is 0 Å². The van der Waals surface area contributed by atoms with E-state index >= 15 is 0 Å². The molecule has 0 aliphatic rings. The molecule has 0 saturated heterocycles. The Morgan fingerprint density at radius 1 is 1.11 bits per heavy atom. The molecule has 0 bridgehead atoms. The Labute approximate surface area is 110 Å². The maximum Gasteiger partial charge on any atom is 0.310 e. The van der Waals surface area contributed by atoms with Crippen molar-refractivity contribution in [2.45, 2.75) is 20.3 Å². The van der Waals surface area contributed by atoms with E-state index < -0.39 is 0 Å². The minimum absolute atomic E-state index is 0.231. The summed E-state index contributed by atoms with van der Waals surface area (Å²) in [6.07, 6.45) is 0.263. The second kappa shape index (κ2) is 5.99. The average Bonchev–Trinajstić information content (AvgIpc) is 2.41. The van der Waals surface area contributed by atoms with Gasteiger partial charge < -0.3 is 4.74 Å². The van der Waals surface area contributed by atoms with Gasteiger partial charge in [-0.2, -0.15) is 0 Å². The van der Waals surface area contributed by atoms with Gasteiger partial charge in [0, 0.05) is 5.56 Å². The third-order valence-corrected chi connectivity index (χ3v) is 2.44. The maximum absolute atomic E-state index is 11.3. The average molecular weight is 258 g/mol. The fraction of sp³-hybridized carbons (Fsp3) is 0.308. The molecular weight excluding hydrogens is 244 g/mol. The first-order valence-electron chi connectivity index (χ1n) is 5.98. The van der Waals surface area contributed by atoms with Crippen molar-refractivity contribution in [3.05, 3.63) is 35.7 Å². The standard InChI is InChI=1S/C13H14N4O2/c1-3-19-12(18)8-10-4-6-11(7-5-10)13-16-14-9(2)15-17-13/h4-7H,3,8H2,1-2H3. The van der Waals surface area contributed by atoms with Crippen molar-refractivity contribution in [2.24, 2.45) is 0 Å². The number of aromatic nitrogens is 4. The molecule has 98 valence electrons. The Morgan fingerprint density at radius 2 is 1.74 bits per heavy atom. The van der Waals surface area contributed by atoms with E-state index in [0.29, 0.717) is 18.3 Å². The van der Waals surface area contributed by atoms with Gasteiger partial charge >= 0.3 is 5.97 Å². The summed E-state index contributed by atoms with van der Waals surface area (Å²) in [7, 11) is 0. The molecule has 1 aromatic heterocycles. The summed E-state index contributed by atoms with van der Waals surface area (Å²) in [6, 6.07) is 7.36. The van der Waals surface area contributed by atoms with Crippen molar-refractivity contribution in [2.75, 3.05) is 6.61 Å². The van der Waals surface area contributed by atoms with Crippen molar-refractivity contribution in [3.63, 3.8) is 0 Å². The highest BCUT2D eigenvalue weighted by molar-refractivity contribution is 5.72. The molecule has 0 fully saturated rings. The lowest BCUT2D eigenvalue weighted by molar-refractivity contribution is -0.142. The number of esters is 1. The molecule has 0 N–H and O–H groups in total. The molecule has 0 unspecified atom stereocenters. The van der Waals surface area contributed by atoms with Crippen LogP contribution in [0.15, 0.2) is 24.3 Å². The Kier molecular flexibility index (Phi) is 4.12. The quantitative estimate of drug-likeness (QED) is 0.770. The minimum Gasteiger partial charge on any atom is -0.466 e. The monoisotopic (exact) mass is 258 g/mol. The summed E-state index contributed by atoms with van der Waals surface area (Å²) < 4.78 is 4.89. The topological polar surface area (TPSA) is 77.9 Å². The van der Waals surface area contributed by atoms with Crippen molar-refractivity contribution in [1.82, 2.24) is 20.4 Å². The van der Waals surface area contributed by atoms with Crippen molar-refractivity contribution in [1.29, 1.82) is 0 Å². The molecule has 0 radical (unpaired) electrons. The normalized spacial score (nSPS) is 10.2. The Morgan fingerprint density at radius 3 is 2.32 bits per heavy atom. The van der Waals surface area contributed by atoms with Crippen LogP contribution in [0.5, 0.6) is 0 Å². The molecule has 0 spiro atoms.